The summed E-state index contributed by atoms with van der Waals surface area (Å²) in [5, 5.41) is 0. The largest absolute Gasteiger partial charge is 0.384 e. The van der Waals surface area contributed by atoms with Crippen LogP contribution in [0.15, 0.2) is 0 Å². The first kappa shape index (κ1) is 14.8. The molecule has 0 bridgehead atoms. The van der Waals surface area contributed by atoms with Gasteiger partial charge in [0.1, 0.15) is 0 Å². The predicted octanol–water partition coefficient (Wildman–Crippen LogP) is 1.63. The van der Waals surface area contributed by atoms with Crippen molar-refractivity contribution in [2.45, 2.75) is 45.1 Å². The number of amides is 1. The first-order chi connectivity index (χ1) is 9.13. The number of carbonyl (C=O) groups is 1. The molecular formula is C15H28N2O2. The maximum atomic E-state index is 12.7. The zero-order chi connectivity index (χ0) is 13.8. The van der Waals surface area contributed by atoms with Gasteiger partial charge < -0.3 is 15.4 Å². The molecule has 1 aliphatic heterocycles. The van der Waals surface area contributed by atoms with E-state index in [1.165, 1.54) is 12.8 Å². The summed E-state index contributed by atoms with van der Waals surface area (Å²) in [6.45, 7) is 4.69. The molecular weight excluding hydrogens is 240 g/mol. The number of piperidine rings is 1. The monoisotopic (exact) mass is 268 g/mol. The standard InChI is InChI=1S/C15H28N2O2/c1-11-5-3-7-13(16)14(11)15(18)17-8-4-6-12(9-17)10-19-2/h11-14H,3-10,16H2,1-2H3. The highest BCUT2D eigenvalue weighted by Gasteiger charge is 2.37. The van der Waals surface area contributed by atoms with E-state index in [1.807, 2.05) is 4.90 Å². The van der Waals surface area contributed by atoms with E-state index in [1.54, 1.807) is 7.11 Å². The molecule has 4 atom stereocenters. The second kappa shape index (κ2) is 6.71. The van der Waals surface area contributed by atoms with Gasteiger partial charge in [-0.1, -0.05) is 13.3 Å². The van der Waals surface area contributed by atoms with Crippen LogP contribution >= 0.6 is 0 Å². The van der Waals surface area contributed by atoms with E-state index >= 15 is 0 Å². The summed E-state index contributed by atoms with van der Waals surface area (Å²) in [7, 11) is 1.74. The molecule has 0 spiro atoms. The van der Waals surface area contributed by atoms with Crippen LogP contribution in [0.25, 0.3) is 0 Å². The molecule has 2 rings (SSSR count). The van der Waals surface area contributed by atoms with Crippen LogP contribution in [0.1, 0.15) is 39.0 Å². The fourth-order valence-electron chi connectivity index (χ4n) is 3.73. The Morgan fingerprint density at radius 2 is 2.11 bits per heavy atom. The van der Waals surface area contributed by atoms with Crippen molar-refractivity contribution in [2.24, 2.45) is 23.5 Å². The Labute approximate surface area is 116 Å². The number of hydrogen-bond acceptors (Lipinski definition) is 3. The fraction of sp³-hybridized carbons (Fsp3) is 0.933. The molecule has 4 heteroatoms. The van der Waals surface area contributed by atoms with Crippen molar-refractivity contribution in [3.63, 3.8) is 0 Å². The molecule has 2 fully saturated rings. The van der Waals surface area contributed by atoms with Gasteiger partial charge in [0.05, 0.1) is 12.5 Å². The molecule has 110 valence electrons. The lowest BCUT2D eigenvalue weighted by atomic mass is 9.76. The van der Waals surface area contributed by atoms with Crippen molar-refractivity contribution in [3.05, 3.63) is 0 Å². The third-order valence-electron chi connectivity index (χ3n) is 4.79. The Bertz CT molecular complexity index is 297. The van der Waals surface area contributed by atoms with Crippen LogP contribution in [0, 0.1) is 17.8 Å². The summed E-state index contributed by atoms with van der Waals surface area (Å²) >= 11 is 0. The number of rotatable bonds is 3. The van der Waals surface area contributed by atoms with Crippen LogP contribution in [0.2, 0.25) is 0 Å². The highest BCUT2D eigenvalue weighted by molar-refractivity contribution is 5.80. The average Bonchev–Trinajstić information content (AvgIpc) is 2.39. The van der Waals surface area contributed by atoms with E-state index < -0.39 is 0 Å². The van der Waals surface area contributed by atoms with Gasteiger partial charge >= 0.3 is 0 Å². The minimum atomic E-state index is 0.0371. The molecule has 0 aromatic heterocycles. The number of methoxy groups -OCH3 is 1. The van der Waals surface area contributed by atoms with Crippen LogP contribution < -0.4 is 5.73 Å². The zero-order valence-electron chi connectivity index (χ0n) is 12.3. The Kier molecular flexibility index (Phi) is 5.22. The van der Waals surface area contributed by atoms with Crippen molar-refractivity contribution in [1.29, 1.82) is 0 Å². The second-order valence-corrected chi connectivity index (χ2v) is 6.35. The first-order valence-electron chi connectivity index (χ1n) is 7.66. The van der Waals surface area contributed by atoms with Gasteiger partial charge in [-0.3, -0.25) is 4.79 Å². The number of nitrogens with two attached hydrogens (primary N) is 1. The van der Waals surface area contributed by atoms with Crippen molar-refractivity contribution in [2.75, 3.05) is 26.8 Å². The number of likely N-dealkylation sites (tertiary alicyclic amines) is 1. The van der Waals surface area contributed by atoms with E-state index in [0.717, 1.165) is 39.0 Å². The van der Waals surface area contributed by atoms with Crippen LogP contribution in [-0.2, 0) is 9.53 Å². The lowest BCUT2D eigenvalue weighted by molar-refractivity contribution is -0.141. The maximum absolute atomic E-state index is 12.7. The summed E-state index contributed by atoms with van der Waals surface area (Å²) < 4.78 is 5.23. The summed E-state index contributed by atoms with van der Waals surface area (Å²) in [6.07, 6.45) is 5.56. The summed E-state index contributed by atoms with van der Waals surface area (Å²) in [5.74, 6) is 1.26. The van der Waals surface area contributed by atoms with Gasteiger partial charge in [-0.2, -0.15) is 0 Å². The normalized spacial score (nSPS) is 36.3. The molecule has 0 aromatic carbocycles. The summed E-state index contributed by atoms with van der Waals surface area (Å²) in [5.41, 5.74) is 6.20. The quantitative estimate of drug-likeness (QED) is 0.846. The van der Waals surface area contributed by atoms with Crippen molar-refractivity contribution >= 4 is 5.91 Å². The zero-order valence-corrected chi connectivity index (χ0v) is 12.3. The van der Waals surface area contributed by atoms with Crippen LogP contribution in [0.3, 0.4) is 0 Å². The molecule has 1 saturated carbocycles. The van der Waals surface area contributed by atoms with Crippen LogP contribution in [-0.4, -0.2) is 43.7 Å². The number of nitrogens with zero attached hydrogens (tertiary/aromatic N) is 1. The molecule has 0 radical (unpaired) electrons. The molecule has 0 aromatic rings. The van der Waals surface area contributed by atoms with Gasteiger partial charge in [0.2, 0.25) is 5.91 Å². The van der Waals surface area contributed by atoms with Gasteiger partial charge in [-0.05, 0) is 37.5 Å². The molecule has 2 N–H and O–H groups in total. The highest BCUT2D eigenvalue weighted by Crippen LogP contribution is 2.31. The number of hydrogen-bond donors (Lipinski definition) is 1. The van der Waals surface area contributed by atoms with Gasteiger partial charge in [0.15, 0.2) is 0 Å². The number of ether oxygens (including phenoxy) is 1. The molecule has 4 nitrogen and oxygen atoms in total. The Morgan fingerprint density at radius 1 is 1.32 bits per heavy atom. The van der Waals surface area contributed by atoms with E-state index in [0.29, 0.717) is 17.7 Å². The van der Waals surface area contributed by atoms with Gasteiger partial charge in [0, 0.05) is 26.2 Å². The van der Waals surface area contributed by atoms with E-state index in [4.69, 9.17) is 10.5 Å². The van der Waals surface area contributed by atoms with E-state index in [9.17, 15) is 4.79 Å². The van der Waals surface area contributed by atoms with Crippen LogP contribution in [0.4, 0.5) is 0 Å². The molecule has 1 heterocycles. The van der Waals surface area contributed by atoms with E-state index in [-0.39, 0.29) is 12.0 Å². The average molecular weight is 268 g/mol. The molecule has 2 aliphatic rings. The topological polar surface area (TPSA) is 55.6 Å². The van der Waals surface area contributed by atoms with Crippen LogP contribution in [0.5, 0.6) is 0 Å². The minimum Gasteiger partial charge on any atom is -0.384 e. The Morgan fingerprint density at radius 3 is 2.79 bits per heavy atom. The lowest BCUT2D eigenvalue weighted by Crippen LogP contribution is -2.51. The first-order valence-corrected chi connectivity index (χ1v) is 7.66. The van der Waals surface area contributed by atoms with Crippen molar-refractivity contribution in [1.82, 2.24) is 4.90 Å². The lowest BCUT2D eigenvalue weighted by Gasteiger charge is -2.40. The van der Waals surface area contributed by atoms with E-state index in [2.05, 4.69) is 6.92 Å². The summed E-state index contributed by atoms with van der Waals surface area (Å²) in [6, 6.07) is 0.0547. The number of carbonyl (C=O) groups excluding carboxylic acids is 1. The Hall–Kier alpha value is -0.610. The Balaban J connectivity index is 1.97. The fourth-order valence-corrected chi connectivity index (χ4v) is 3.73. The van der Waals surface area contributed by atoms with Gasteiger partial charge in [-0.25, -0.2) is 0 Å². The van der Waals surface area contributed by atoms with Gasteiger partial charge in [0.25, 0.3) is 0 Å². The van der Waals surface area contributed by atoms with Gasteiger partial charge in [-0.15, -0.1) is 0 Å². The molecule has 1 aliphatic carbocycles. The molecule has 1 amide bonds. The molecule has 4 unspecified atom stereocenters. The third-order valence-corrected chi connectivity index (χ3v) is 4.79. The predicted molar refractivity (Wildman–Crippen MR) is 75.7 cm³/mol. The smallest absolute Gasteiger partial charge is 0.227 e. The maximum Gasteiger partial charge on any atom is 0.227 e. The van der Waals surface area contributed by atoms with Crippen molar-refractivity contribution < 1.29 is 9.53 Å². The SMILES string of the molecule is COCC1CCCN(C(=O)C2C(C)CCCC2N)C1. The molecule has 1 saturated heterocycles. The van der Waals surface area contributed by atoms with Crippen molar-refractivity contribution in [3.8, 4) is 0 Å². The highest BCUT2D eigenvalue weighted by atomic mass is 16.5. The molecule has 19 heavy (non-hydrogen) atoms. The third kappa shape index (κ3) is 3.48. The second-order valence-electron chi connectivity index (χ2n) is 6.35. The minimum absolute atomic E-state index is 0.0371. The summed E-state index contributed by atoms with van der Waals surface area (Å²) in [4.78, 5) is 14.8.